The summed E-state index contributed by atoms with van der Waals surface area (Å²) >= 11 is 0. The number of hydrogen-bond donors (Lipinski definition) is 1. The summed E-state index contributed by atoms with van der Waals surface area (Å²) in [5, 5.41) is 0. The first-order valence-electron chi connectivity index (χ1n) is 9.14. The topological polar surface area (TPSA) is 63.6 Å². The van der Waals surface area contributed by atoms with E-state index in [1.54, 1.807) is 6.92 Å². The van der Waals surface area contributed by atoms with Gasteiger partial charge < -0.3 is 15.0 Å². The van der Waals surface area contributed by atoms with E-state index in [9.17, 15) is 4.79 Å². The molecule has 0 aliphatic carbocycles. The Morgan fingerprint density at radius 3 is 2.32 bits per heavy atom. The molecule has 1 aliphatic rings. The Morgan fingerprint density at radius 1 is 1.07 bits per heavy atom. The Morgan fingerprint density at radius 2 is 1.71 bits per heavy atom. The first-order chi connectivity index (χ1) is 12.6. The van der Waals surface area contributed by atoms with Gasteiger partial charge in [0.25, 0.3) is 0 Å². The summed E-state index contributed by atoms with van der Waals surface area (Å²) in [6.45, 7) is 3.15. The zero-order chi connectivity index (χ0) is 18.1. The number of rotatable bonds is 3. The molecule has 0 spiro atoms. The van der Waals surface area contributed by atoms with Gasteiger partial charge in [-0.1, -0.05) is 36.4 Å². The lowest BCUT2D eigenvalue weighted by atomic mass is 9.70. The maximum absolute atomic E-state index is 12.3. The molecule has 2 N–H and O–H groups in total. The predicted molar refractivity (Wildman–Crippen MR) is 116 cm³/mol. The number of hydrogen-bond acceptors (Lipinski definition) is 3. The number of benzene rings is 1. The van der Waals surface area contributed by atoms with E-state index in [0.29, 0.717) is 13.1 Å². The van der Waals surface area contributed by atoms with Gasteiger partial charge in [-0.15, -0.1) is 24.8 Å². The first kappa shape index (κ1) is 22.2. The molecule has 0 radical (unpaired) electrons. The fourth-order valence-electron chi connectivity index (χ4n) is 4.01. The summed E-state index contributed by atoms with van der Waals surface area (Å²) < 4.78 is 2.07. The fraction of sp³-hybridized carbons (Fsp3) is 0.333. The van der Waals surface area contributed by atoms with Crippen molar-refractivity contribution in [3.8, 4) is 0 Å². The van der Waals surface area contributed by atoms with Crippen molar-refractivity contribution in [2.24, 2.45) is 5.73 Å². The monoisotopic (exact) mass is 420 g/mol. The van der Waals surface area contributed by atoms with Crippen LogP contribution in [0.15, 0.2) is 60.9 Å². The highest BCUT2D eigenvalue weighted by atomic mass is 35.5. The van der Waals surface area contributed by atoms with E-state index in [0.717, 1.165) is 24.2 Å². The summed E-state index contributed by atoms with van der Waals surface area (Å²) in [6, 6.07) is 16.1. The predicted octanol–water partition coefficient (Wildman–Crippen LogP) is 3.43. The second-order valence-corrected chi connectivity index (χ2v) is 7.15. The third-order valence-electron chi connectivity index (χ3n) is 5.50. The lowest BCUT2D eigenvalue weighted by Gasteiger charge is -2.41. The largest absolute Gasteiger partial charge is 0.341 e. The number of fused-ring (bicyclic) bond motifs is 1. The van der Waals surface area contributed by atoms with E-state index in [1.807, 2.05) is 35.4 Å². The van der Waals surface area contributed by atoms with Gasteiger partial charge >= 0.3 is 0 Å². The minimum absolute atomic E-state index is 0. The maximum atomic E-state index is 12.3. The summed E-state index contributed by atoms with van der Waals surface area (Å²) in [4.78, 5) is 19.1. The van der Waals surface area contributed by atoms with Crippen molar-refractivity contribution < 1.29 is 4.79 Å². The van der Waals surface area contributed by atoms with Crippen LogP contribution in [0.4, 0.5) is 0 Å². The molecule has 1 saturated heterocycles. The van der Waals surface area contributed by atoms with E-state index in [4.69, 9.17) is 10.7 Å². The van der Waals surface area contributed by atoms with Crippen LogP contribution in [-0.4, -0.2) is 39.3 Å². The van der Waals surface area contributed by atoms with E-state index >= 15 is 0 Å². The van der Waals surface area contributed by atoms with Crippen molar-refractivity contribution in [1.82, 2.24) is 14.3 Å². The Hall–Kier alpha value is -2.08. The van der Waals surface area contributed by atoms with Crippen molar-refractivity contribution in [1.29, 1.82) is 0 Å². The number of likely N-dealkylation sites (tertiary alicyclic amines) is 1. The van der Waals surface area contributed by atoms with Gasteiger partial charge in [-0.2, -0.15) is 0 Å². The van der Waals surface area contributed by atoms with Crippen LogP contribution >= 0.6 is 24.8 Å². The molecule has 5 nitrogen and oxygen atoms in total. The third-order valence-corrected chi connectivity index (χ3v) is 5.50. The fourth-order valence-corrected chi connectivity index (χ4v) is 4.01. The van der Waals surface area contributed by atoms with Crippen LogP contribution in [0.3, 0.4) is 0 Å². The van der Waals surface area contributed by atoms with Crippen molar-refractivity contribution in [2.75, 3.05) is 13.1 Å². The summed E-state index contributed by atoms with van der Waals surface area (Å²) in [6.07, 6.45) is 5.85. The Kier molecular flexibility index (Phi) is 7.10. The van der Waals surface area contributed by atoms with Crippen LogP contribution < -0.4 is 5.73 Å². The van der Waals surface area contributed by atoms with Crippen molar-refractivity contribution in [2.45, 2.75) is 31.2 Å². The molecule has 1 aromatic carbocycles. The number of piperidine rings is 1. The molecule has 0 unspecified atom stereocenters. The zero-order valence-corrected chi connectivity index (χ0v) is 17.5. The standard InChI is InChI=1S/C21H24N4O.2ClH/c1-16(22)20(26)24-13-10-21(11-14-24,17-7-3-2-4-8-17)18-15-25-12-6-5-9-19(25)23-18;;/h2-9,12,15-16H,10-11,13-14,22H2,1H3;2*1H/t16-;;/m1../s1. The number of carbonyl (C=O) groups excluding carboxylic acids is 1. The van der Waals surface area contributed by atoms with Gasteiger partial charge in [-0.05, 0) is 37.5 Å². The summed E-state index contributed by atoms with van der Waals surface area (Å²) in [7, 11) is 0. The van der Waals surface area contributed by atoms with Gasteiger partial charge in [0.15, 0.2) is 0 Å². The number of nitrogens with zero attached hydrogens (tertiary/aromatic N) is 3. The van der Waals surface area contributed by atoms with E-state index in [1.165, 1.54) is 5.56 Å². The SMILES string of the molecule is C[C@@H](N)C(=O)N1CCC(c2ccccc2)(c2cn3ccccc3n2)CC1.Cl.Cl. The molecule has 1 aliphatic heterocycles. The molecule has 2 aromatic heterocycles. The van der Waals surface area contributed by atoms with Crippen molar-refractivity contribution >= 4 is 36.4 Å². The quantitative estimate of drug-likeness (QED) is 0.705. The minimum Gasteiger partial charge on any atom is -0.341 e. The van der Waals surface area contributed by atoms with E-state index in [2.05, 4.69) is 34.9 Å². The summed E-state index contributed by atoms with van der Waals surface area (Å²) in [5.41, 5.74) is 8.91. The number of nitrogens with two attached hydrogens (primary N) is 1. The number of amides is 1. The van der Waals surface area contributed by atoms with Crippen molar-refractivity contribution in [3.63, 3.8) is 0 Å². The number of imidazole rings is 1. The molecule has 1 fully saturated rings. The molecule has 3 aromatic rings. The molecule has 4 rings (SSSR count). The Balaban J connectivity index is 0.00000140. The molecule has 28 heavy (non-hydrogen) atoms. The van der Waals surface area contributed by atoms with E-state index in [-0.39, 0.29) is 36.1 Å². The maximum Gasteiger partial charge on any atom is 0.239 e. The van der Waals surface area contributed by atoms with Gasteiger partial charge in [-0.25, -0.2) is 4.98 Å². The lowest BCUT2D eigenvalue weighted by molar-refractivity contribution is -0.133. The first-order valence-corrected chi connectivity index (χ1v) is 9.14. The number of halogens is 2. The van der Waals surface area contributed by atoms with Gasteiger partial charge in [0.05, 0.1) is 11.7 Å². The minimum atomic E-state index is -0.450. The molecule has 0 saturated carbocycles. The average Bonchev–Trinajstić information content (AvgIpc) is 3.13. The van der Waals surface area contributed by atoms with Crippen LogP contribution in [0.1, 0.15) is 31.0 Å². The molecular weight excluding hydrogens is 395 g/mol. The van der Waals surface area contributed by atoms with Crippen LogP contribution in [0.2, 0.25) is 0 Å². The smallest absolute Gasteiger partial charge is 0.239 e. The summed E-state index contributed by atoms with van der Waals surface area (Å²) in [5.74, 6) is 0.0293. The number of pyridine rings is 1. The second kappa shape index (κ2) is 8.95. The number of carbonyl (C=O) groups is 1. The van der Waals surface area contributed by atoms with Crippen LogP contribution in [0.5, 0.6) is 0 Å². The van der Waals surface area contributed by atoms with Crippen LogP contribution in [0, 0.1) is 0 Å². The molecule has 1 amide bonds. The highest BCUT2D eigenvalue weighted by Crippen LogP contribution is 2.41. The molecule has 150 valence electrons. The molecule has 7 heteroatoms. The van der Waals surface area contributed by atoms with Gasteiger partial charge in [-0.3, -0.25) is 4.79 Å². The highest BCUT2D eigenvalue weighted by Gasteiger charge is 2.41. The highest BCUT2D eigenvalue weighted by molar-refractivity contribution is 5.85. The zero-order valence-electron chi connectivity index (χ0n) is 15.8. The molecule has 0 bridgehead atoms. The second-order valence-electron chi connectivity index (χ2n) is 7.15. The van der Waals surface area contributed by atoms with Crippen LogP contribution in [-0.2, 0) is 10.2 Å². The van der Waals surface area contributed by atoms with Crippen LogP contribution in [0.25, 0.3) is 5.65 Å². The third kappa shape index (κ3) is 3.88. The van der Waals surface area contributed by atoms with Crippen molar-refractivity contribution in [3.05, 3.63) is 72.2 Å². The molecule has 3 heterocycles. The normalized spacial score (nSPS) is 16.7. The molecule has 1 atom stereocenters. The van der Waals surface area contributed by atoms with Gasteiger partial charge in [0.1, 0.15) is 5.65 Å². The van der Waals surface area contributed by atoms with Gasteiger partial charge in [0, 0.05) is 30.9 Å². The van der Waals surface area contributed by atoms with Gasteiger partial charge in [0.2, 0.25) is 5.91 Å². The van der Waals surface area contributed by atoms with E-state index < -0.39 is 6.04 Å². The Bertz CT molecular complexity index is 885. The Labute approximate surface area is 177 Å². The molecular formula is C21H26Cl2N4O. The lowest BCUT2D eigenvalue weighted by Crippen LogP contribution is -2.50. The number of aromatic nitrogens is 2. The average molecular weight is 421 g/mol.